The fraction of sp³-hybridized carbons (Fsp3) is 0.688. The van der Waals surface area contributed by atoms with Crippen LogP contribution in [0.3, 0.4) is 0 Å². The summed E-state index contributed by atoms with van der Waals surface area (Å²) in [5.41, 5.74) is 4.23. The number of likely N-dealkylation sites (tertiary alicyclic amines) is 1. The molecule has 1 N–H and O–H groups in total. The molecular formula is C32H46N4O2. The molecule has 7 rings (SSSR count). The van der Waals surface area contributed by atoms with E-state index in [1.54, 1.807) is 0 Å². The van der Waals surface area contributed by atoms with Crippen molar-refractivity contribution in [2.45, 2.75) is 89.5 Å². The monoisotopic (exact) mass is 518 g/mol. The van der Waals surface area contributed by atoms with Crippen LogP contribution in [0.15, 0.2) is 24.3 Å². The van der Waals surface area contributed by atoms with Crippen molar-refractivity contribution >= 4 is 22.9 Å². The zero-order valence-corrected chi connectivity index (χ0v) is 23.1. The molecular weight excluding hydrogens is 472 g/mol. The van der Waals surface area contributed by atoms with Crippen LogP contribution in [-0.2, 0) is 11.3 Å². The number of rotatable bonds is 9. The third-order valence-electron chi connectivity index (χ3n) is 10.3. The van der Waals surface area contributed by atoms with E-state index in [9.17, 15) is 9.90 Å². The summed E-state index contributed by atoms with van der Waals surface area (Å²) in [6, 6.07) is 7.00. The van der Waals surface area contributed by atoms with Gasteiger partial charge in [0, 0.05) is 17.8 Å². The van der Waals surface area contributed by atoms with Crippen molar-refractivity contribution < 1.29 is 9.90 Å². The summed E-state index contributed by atoms with van der Waals surface area (Å²) in [6.45, 7) is 6.60. The Morgan fingerprint density at radius 1 is 1.00 bits per heavy atom. The highest BCUT2D eigenvalue weighted by molar-refractivity contribution is 5.85. The van der Waals surface area contributed by atoms with Gasteiger partial charge in [-0.05, 0) is 101 Å². The van der Waals surface area contributed by atoms with Crippen molar-refractivity contribution in [3.8, 4) is 0 Å². The summed E-state index contributed by atoms with van der Waals surface area (Å²) >= 11 is 0. The number of aromatic nitrogens is 2. The van der Waals surface area contributed by atoms with Crippen LogP contribution in [0.4, 0.5) is 0 Å². The number of carboxylic acid groups (broad SMARTS) is 1. The molecule has 4 aliphatic heterocycles. The van der Waals surface area contributed by atoms with Crippen LogP contribution in [-0.4, -0.2) is 69.9 Å². The molecule has 0 spiro atoms. The molecule has 6 heteroatoms. The highest BCUT2D eigenvalue weighted by Gasteiger charge is 2.37. The second kappa shape index (κ2) is 11.5. The van der Waals surface area contributed by atoms with Gasteiger partial charge in [0.1, 0.15) is 0 Å². The maximum absolute atomic E-state index is 11.2. The molecule has 0 amide bonds. The van der Waals surface area contributed by atoms with E-state index in [2.05, 4.69) is 44.8 Å². The highest BCUT2D eigenvalue weighted by Crippen LogP contribution is 2.42. The largest absolute Gasteiger partial charge is 0.480 e. The van der Waals surface area contributed by atoms with Gasteiger partial charge in [-0.25, -0.2) is 0 Å². The van der Waals surface area contributed by atoms with Gasteiger partial charge < -0.3 is 10.0 Å². The lowest BCUT2D eigenvalue weighted by Crippen LogP contribution is -2.47. The molecule has 5 heterocycles. The molecule has 5 aliphatic rings. The average Bonchev–Trinajstić information content (AvgIpc) is 3.31. The van der Waals surface area contributed by atoms with E-state index >= 15 is 0 Å². The third-order valence-corrected chi connectivity index (χ3v) is 10.3. The maximum Gasteiger partial charge on any atom is 0.317 e. The fourth-order valence-corrected chi connectivity index (χ4v) is 7.73. The SMILES string of the molecule is O=C(O)CN1CCC(c2nn(CCCC3CCCCC3)c3cc(/C=C/C45CCN(CC4)CC5)ccc23)CC1. The molecule has 0 unspecified atom stereocenters. The second-order valence-corrected chi connectivity index (χ2v) is 12.8. The Labute approximate surface area is 228 Å². The molecule has 1 aliphatic carbocycles. The number of hydrogen-bond acceptors (Lipinski definition) is 4. The topological polar surface area (TPSA) is 61.6 Å². The Morgan fingerprint density at radius 2 is 1.74 bits per heavy atom. The van der Waals surface area contributed by atoms with E-state index in [1.165, 1.54) is 106 Å². The van der Waals surface area contributed by atoms with Crippen LogP contribution in [0.25, 0.3) is 17.0 Å². The molecule has 2 bridgehead atoms. The molecule has 4 saturated heterocycles. The number of benzene rings is 1. The predicted molar refractivity (Wildman–Crippen MR) is 153 cm³/mol. The smallest absolute Gasteiger partial charge is 0.317 e. The summed E-state index contributed by atoms with van der Waals surface area (Å²) in [4.78, 5) is 15.9. The summed E-state index contributed by atoms with van der Waals surface area (Å²) in [5, 5.41) is 15.8. The molecule has 0 radical (unpaired) electrons. The Morgan fingerprint density at radius 3 is 2.45 bits per heavy atom. The molecule has 1 aromatic carbocycles. The Kier molecular flexibility index (Phi) is 7.90. The number of aryl methyl sites for hydroxylation is 1. The molecule has 1 aromatic heterocycles. The summed E-state index contributed by atoms with van der Waals surface area (Å²) in [7, 11) is 0. The summed E-state index contributed by atoms with van der Waals surface area (Å²) in [6.07, 6.45) is 20.4. The van der Waals surface area contributed by atoms with Crippen LogP contribution < -0.4 is 0 Å². The quantitative estimate of drug-likeness (QED) is 0.431. The molecule has 206 valence electrons. The minimum Gasteiger partial charge on any atom is -0.480 e. The van der Waals surface area contributed by atoms with Crippen LogP contribution >= 0.6 is 0 Å². The first kappa shape index (κ1) is 26.1. The molecule has 2 aromatic rings. The number of carbonyl (C=O) groups is 1. The van der Waals surface area contributed by atoms with E-state index in [1.807, 2.05) is 0 Å². The lowest BCUT2D eigenvalue weighted by atomic mass is 9.72. The van der Waals surface area contributed by atoms with E-state index in [0.717, 1.165) is 38.4 Å². The third kappa shape index (κ3) is 5.86. The molecule has 0 atom stereocenters. The number of aliphatic carboxylic acids is 1. The van der Waals surface area contributed by atoms with E-state index in [-0.39, 0.29) is 6.54 Å². The van der Waals surface area contributed by atoms with Gasteiger partial charge in [-0.2, -0.15) is 5.10 Å². The maximum atomic E-state index is 11.2. The first-order chi connectivity index (χ1) is 18.6. The molecule has 38 heavy (non-hydrogen) atoms. The minimum atomic E-state index is -0.727. The van der Waals surface area contributed by atoms with Gasteiger partial charge in [-0.3, -0.25) is 14.4 Å². The number of piperidine rings is 4. The van der Waals surface area contributed by atoms with Crippen LogP contribution in [0, 0.1) is 11.3 Å². The Hall–Kier alpha value is -2.18. The van der Waals surface area contributed by atoms with Gasteiger partial charge in [0.2, 0.25) is 0 Å². The number of carboxylic acids is 1. The first-order valence-electron chi connectivity index (χ1n) is 15.4. The number of nitrogens with zero attached hydrogens (tertiary/aromatic N) is 4. The predicted octanol–water partition coefficient (Wildman–Crippen LogP) is 6.16. The number of fused-ring (bicyclic) bond motifs is 4. The molecule has 1 saturated carbocycles. The second-order valence-electron chi connectivity index (χ2n) is 12.8. The van der Waals surface area contributed by atoms with Gasteiger partial charge >= 0.3 is 5.97 Å². The summed E-state index contributed by atoms with van der Waals surface area (Å²) < 4.78 is 2.31. The van der Waals surface area contributed by atoms with Crippen LogP contribution in [0.5, 0.6) is 0 Å². The zero-order chi connectivity index (χ0) is 26.0. The normalized spacial score (nSPS) is 27.5. The van der Waals surface area contributed by atoms with Crippen molar-refractivity contribution in [2.75, 3.05) is 39.3 Å². The van der Waals surface area contributed by atoms with Crippen molar-refractivity contribution in [3.63, 3.8) is 0 Å². The number of allylic oxidation sites excluding steroid dienone is 1. The van der Waals surface area contributed by atoms with Crippen molar-refractivity contribution in [1.29, 1.82) is 0 Å². The van der Waals surface area contributed by atoms with E-state index in [4.69, 9.17) is 5.10 Å². The van der Waals surface area contributed by atoms with Gasteiger partial charge in [-0.15, -0.1) is 0 Å². The van der Waals surface area contributed by atoms with Gasteiger partial charge in [0.15, 0.2) is 0 Å². The van der Waals surface area contributed by atoms with Gasteiger partial charge in [0.25, 0.3) is 0 Å². The lowest BCUT2D eigenvalue weighted by molar-refractivity contribution is -0.138. The molecule has 6 nitrogen and oxygen atoms in total. The first-order valence-corrected chi connectivity index (χ1v) is 15.4. The Bertz CT molecular complexity index is 1120. The zero-order valence-electron chi connectivity index (χ0n) is 23.1. The van der Waals surface area contributed by atoms with Gasteiger partial charge in [0.05, 0.1) is 17.8 Å². The van der Waals surface area contributed by atoms with Crippen molar-refractivity contribution in [1.82, 2.24) is 19.6 Å². The van der Waals surface area contributed by atoms with Crippen molar-refractivity contribution in [3.05, 3.63) is 35.5 Å². The van der Waals surface area contributed by atoms with Crippen LogP contribution in [0.2, 0.25) is 0 Å². The van der Waals surface area contributed by atoms with Gasteiger partial charge in [-0.1, -0.05) is 56.4 Å². The Balaban J connectivity index is 1.21. The van der Waals surface area contributed by atoms with E-state index < -0.39 is 5.97 Å². The fourth-order valence-electron chi connectivity index (χ4n) is 7.73. The number of hydrogen-bond donors (Lipinski definition) is 1. The van der Waals surface area contributed by atoms with Crippen molar-refractivity contribution in [2.24, 2.45) is 11.3 Å². The lowest BCUT2D eigenvalue weighted by Gasteiger charge is -2.47. The highest BCUT2D eigenvalue weighted by atomic mass is 16.4. The minimum absolute atomic E-state index is 0.151. The standard InChI is InChI=1S/C32H46N4O2/c37-30(38)24-35-18-11-27(12-19-35)31-28-9-8-26(10-13-32-14-20-34(21-15-32)22-16-32)23-29(28)36(33-31)17-4-7-25-5-2-1-3-6-25/h8-10,13,23,25,27H,1-7,11-12,14-22,24H2,(H,37,38)/b13-10+. The summed E-state index contributed by atoms with van der Waals surface area (Å²) in [5.74, 6) is 0.591. The van der Waals surface area contributed by atoms with E-state index in [0.29, 0.717) is 11.3 Å². The molecule has 5 fully saturated rings. The average molecular weight is 519 g/mol. The van der Waals surface area contributed by atoms with Crippen LogP contribution in [0.1, 0.15) is 94.2 Å².